The zero-order valence-corrected chi connectivity index (χ0v) is 21.1. The standard InChI is InChI=1S/C28H33N3O5/c1-5-24(32)35-28(15-9-6-10-16-28)36-25(33)14-13-19-17-20(27(2,3)4)26(34)23(18-19)31-29-21-11-7-8-12-22(21)30-31/h5,7-8,11-12,17-18,34H,1,6,9-10,13-16H2,2-4H3. The fraction of sp³-hybridized carbons (Fsp3) is 0.429. The number of phenols is 1. The molecule has 0 saturated heterocycles. The minimum Gasteiger partial charge on any atom is -0.505 e. The van der Waals surface area contributed by atoms with Crippen LogP contribution in [0.5, 0.6) is 5.75 Å². The van der Waals surface area contributed by atoms with Crippen molar-refractivity contribution in [3.05, 3.63) is 60.2 Å². The van der Waals surface area contributed by atoms with Crippen molar-refractivity contribution in [2.45, 2.75) is 76.9 Å². The number of hydrogen-bond donors (Lipinski definition) is 1. The van der Waals surface area contributed by atoms with Gasteiger partial charge in [0.15, 0.2) is 0 Å². The predicted octanol–water partition coefficient (Wildman–Crippen LogP) is 5.29. The lowest BCUT2D eigenvalue weighted by atomic mass is 9.84. The second kappa shape index (κ2) is 10.1. The van der Waals surface area contributed by atoms with Crippen LogP contribution in [0, 0.1) is 0 Å². The molecular formula is C28H33N3O5. The number of rotatable bonds is 7. The van der Waals surface area contributed by atoms with Crippen molar-refractivity contribution in [3.63, 3.8) is 0 Å². The van der Waals surface area contributed by atoms with Crippen LogP contribution in [0.1, 0.15) is 70.4 Å². The normalized spacial score (nSPS) is 15.4. The van der Waals surface area contributed by atoms with Crippen LogP contribution in [-0.2, 0) is 30.9 Å². The van der Waals surface area contributed by atoms with Gasteiger partial charge in [-0.2, -0.15) is 0 Å². The van der Waals surface area contributed by atoms with Crippen molar-refractivity contribution >= 4 is 23.0 Å². The number of fused-ring (bicyclic) bond motifs is 1. The monoisotopic (exact) mass is 491 g/mol. The number of nitrogens with zero attached hydrogens (tertiary/aromatic N) is 3. The molecule has 0 radical (unpaired) electrons. The van der Waals surface area contributed by atoms with Gasteiger partial charge in [-0.1, -0.05) is 52.0 Å². The van der Waals surface area contributed by atoms with Crippen LogP contribution in [0.25, 0.3) is 16.7 Å². The maximum Gasteiger partial charge on any atom is 0.333 e. The van der Waals surface area contributed by atoms with E-state index in [2.05, 4.69) is 16.8 Å². The molecule has 0 bridgehead atoms. The van der Waals surface area contributed by atoms with E-state index < -0.39 is 17.7 Å². The Labute approximate surface area is 210 Å². The van der Waals surface area contributed by atoms with Crippen LogP contribution in [0.3, 0.4) is 0 Å². The molecule has 8 nitrogen and oxygen atoms in total. The number of carbonyl (C=O) groups is 2. The summed E-state index contributed by atoms with van der Waals surface area (Å²) in [6.07, 6.45) is 5.16. The minimum absolute atomic E-state index is 0.0930. The number of ether oxygens (including phenoxy) is 2. The van der Waals surface area contributed by atoms with Crippen molar-refractivity contribution in [1.82, 2.24) is 15.0 Å². The number of phenolic OH excluding ortho intramolecular Hbond substituents is 1. The fourth-order valence-corrected chi connectivity index (χ4v) is 4.56. The smallest absolute Gasteiger partial charge is 0.333 e. The van der Waals surface area contributed by atoms with Gasteiger partial charge >= 0.3 is 11.9 Å². The summed E-state index contributed by atoms with van der Waals surface area (Å²) in [4.78, 5) is 26.2. The SMILES string of the molecule is C=CC(=O)OC1(OC(=O)CCc2cc(-n3nc4ccccc4n3)c(O)c(C(C)(C)C)c2)CCCCC1. The number of aromatic hydroxyl groups is 1. The molecule has 2 aromatic carbocycles. The van der Waals surface area contributed by atoms with Gasteiger partial charge in [0.2, 0.25) is 0 Å². The predicted molar refractivity (Wildman–Crippen MR) is 136 cm³/mol. The van der Waals surface area contributed by atoms with E-state index >= 15 is 0 Å². The molecule has 8 heteroatoms. The van der Waals surface area contributed by atoms with Gasteiger partial charge in [0.25, 0.3) is 5.79 Å². The summed E-state index contributed by atoms with van der Waals surface area (Å²) in [5, 5.41) is 20.2. The molecule has 0 unspecified atom stereocenters. The van der Waals surface area contributed by atoms with E-state index in [4.69, 9.17) is 9.47 Å². The molecule has 36 heavy (non-hydrogen) atoms. The van der Waals surface area contributed by atoms with Crippen LogP contribution >= 0.6 is 0 Å². The largest absolute Gasteiger partial charge is 0.505 e. The van der Waals surface area contributed by atoms with Gasteiger partial charge in [0, 0.05) is 30.9 Å². The van der Waals surface area contributed by atoms with Crippen molar-refractivity contribution in [2.24, 2.45) is 0 Å². The molecule has 1 aliphatic rings. The molecule has 0 amide bonds. The molecule has 4 rings (SSSR count). The second-order valence-electron chi connectivity index (χ2n) is 10.3. The molecule has 1 heterocycles. The molecule has 0 aliphatic heterocycles. The number of esters is 2. The molecule has 1 saturated carbocycles. The van der Waals surface area contributed by atoms with Crippen molar-refractivity contribution in [3.8, 4) is 11.4 Å². The van der Waals surface area contributed by atoms with Gasteiger partial charge < -0.3 is 14.6 Å². The summed E-state index contributed by atoms with van der Waals surface area (Å²) in [7, 11) is 0. The Hall–Kier alpha value is -3.68. The van der Waals surface area contributed by atoms with E-state index in [1.165, 1.54) is 4.80 Å². The van der Waals surface area contributed by atoms with Gasteiger partial charge in [0.05, 0.1) is 0 Å². The van der Waals surface area contributed by atoms with Crippen LogP contribution in [0.4, 0.5) is 0 Å². The first-order valence-electron chi connectivity index (χ1n) is 12.4. The molecule has 1 N–H and O–H groups in total. The summed E-state index contributed by atoms with van der Waals surface area (Å²) in [6, 6.07) is 11.2. The Morgan fingerprint density at radius 2 is 1.72 bits per heavy atom. The van der Waals surface area contributed by atoms with Gasteiger partial charge in [-0.05, 0) is 48.4 Å². The minimum atomic E-state index is -1.23. The molecule has 0 atom stereocenters. The third kappa shape index (κ3) is 5.58. The third-order valence-corrected chi connectivity index (χ3v) is 6.45. The van der Waals surface area contributed by atoms with E-state index in [0.29, 0.717) is 24.9 Å². The van der Waals surface area contributed by atoms with Crippen LogP contribution in [0.15, 0.2) is 49.1 Å². The topological polar surface area (TPSA) is 104 Å². The van der Waals surface area contributed by atoms with Gasteiger partial charge in [-0.15, -0.1) is 15.0 Å². The molecule has 1 aromatic heterocycles. The number of hydrogen-bond acceptors (Lipinski definition) is 7. The third-order valence-electron chi connectivity index (χ3n) is 6.45. The Kier molecular flexibility index (Phi) is 7.15. The number of benzene rings is 2. The fourth-order valence-electron chi connectivity index (χ4n) is 4.56. The first-order chi connectivity index (χ1) is 17.1. The highest BCUT2D eigenvalue weighted by atomic mass is 16.7. The Morgan fingerprint density at radius 1 is 1.08 bits per heavy atom. The lowest BCUT2D eigenvalue weighted by Gasteiger charge is -2.35. The van der Waals surface area contributed by atoms with E-state index in [0.717, 1.165) is 47.5 Å². The zero-order valence-electron chi connectivity index (χ0n) is 21.1. The number of aryl methyl sites for hydroxylation is 1. The Balaban J connectivity index is 1.58. The van der Waals surface area contributed by atoms with Crippen molar-refractivity contribution in [1.29, 1.82) is 0 Å². The summed E-state index contributed by atoms with van der Waals surface area (Å²) in [5.74, 6) is -2.16. The highest BCUT2D eigenvalue weighted by Crippen LogP contribution is 2.37. The zero-order chi connectivity index (χ0) is 25.9. The maximum atomic E-state index is 12.9. The van der Waals surface area contributed by atoms with Gasteiger partial charge in [-0.25, -0.2) is 4.79 Å². The number of carbonyl (C=O) groups excluding carboxylic acids is 2. The molecule has 190 valence electrons. The van der Waals surface area contributed by atoms with Crippen LogP contribution in [0.2, 0.25) is 0 Å². The lowest BCUT2D eigenvalue weighted by Crippen LogP contribution is -2.41. The van der Waals surface area contributed by atoms with E-state index in [-0.39, 0.29) is 17.6 Å². The van der Waals surface area contributed by atoms with E-state index in [1.54, 1.807) is 6.07 Å². The molecule has 0 spiro atoms. The molecule has 3 aromatic rings. The van der Waals surface area contributed by atoms with Crippen molar-refractivity contribution < 1.29 is 24.2 Å². The summed E-state index contributed by atoms with van der Waals surface area (Å²) in [6.45, 7) is 9.48. The number of aromatic nitrogens is 3. The quantitative estimate of drug-likeness (QED) is 0.272. The first-order valence-corrected chi connectivity index (χ1v) is 12.4. The average molecular weight is 492 g/mol. The summed E-state index contributed by atoms with van der Waals surface area (Å²) >= 11 is 0. The van der Waals surface area contributed by atoms with Crippen molar-refractivity contribution in [2.75, 3.05) is 0 Å². The van der Waals surface area contributed by atoms with E-state index in [9.17, 15) is 14.7 Å². The first kappa shape index (κ1) is 25.4. The van der Waals surface area contributed by atoms with E-state index in [1.807, 2.05) is 51.1 Å². The molecular weight excluding hydrogens is 458 g/mol. The summed E-state index contributed by atoms with van der Waals surface area (Å²) in [5.41, 5.74) is 3.10. The van der Waals surface area contributed by atoms with Gasteiger partial charge in [0.1, 0.15) is 22.5 Å². The second-order valence-corrected chi connectivity index (χ2v) is 10.3. The average Bonchev–Trinajstić information content (AvgIpc) is 3.27. The highest BCUT2D eigenvalue weighted by Gasteiger charge is 2.39. The van der Waals surface area contributed by atoms with Crippen LogP contribution < -0.4 is 0 Å². The summed E-state index contributed by atoms with van der Waals surface area (Å²) < 4.78 is 11.2. The van der Waals surface area contributed by atoms with Crippen LogP contribution in [-0.4, -0.2) is 37.8 Å². The maximum absolute atomic E-state index is 12.9. The lowest BCUT2D eigenvalue weighted by molar-refractivity contribution is -0.235. The molecule has 1 aliphatic carbocycles. The Morgan fingerprint density at radius 3 is 2.31 bits per heavy atom. The highest BCUT2D eigenvalue weighted by molar-refractivity contribution is 5.81. The Bertz CT molecular complexity index is 1250. The molecule has 1 fully saturated rings. The van der Waals surface area contributed by atoms with Gasteiger partial charge in [-0.3, -0.25) is 4.79 Å².